The molecule has 0 saturated carbocycles. The molecule has 30 heavy (non-hydrogen) atoms. The van der Waals surface area contributed by atoms with E-state index >= 15 is 0 Å². The van der Waals surface area contributed by atoms with Gasteiger partial charge in [-0.3, -0.25) is 9.59 Å². The number of rotatable bonds is 5. The molecule has 1 aromatic carbocycles. The number of nitrogens with zero attached hydrogens (tertiary/aromatic N) is 1. The Bertz CT molecular complexity index is 696. The Labute approximate surface area is 185 Å². The van der Waals surface area contributed by atoms with Gasteiger partial charge in [-0.25, -0.2) is 0 Å². The molecular formula is C23H34ClN3O3. The van der Waals surface area contributed by atoms with Gasteiger partial charge in [0.05, 0.1) is 18.1 Å². The number of hydrogen-bond donors (Lipinski definition) is 2. The molecule has 4 unspecified atom stereocenters. The number of carbonyl (C=O) groups excluding carboxylic acids is 2. The van der Waals surface area contributed by atoms with Gasteiger partial charge in [0.1, 0.15) is 0 Å². The van der Waals surface area contributed by atoms with E-state index in [9.17, 15) is 9.59 Å². The van der Waals surface area contributed by atoms with E-state index < -0.39 is 0 Å². The Morgan fingerprint density at radius 1 is 1.10 bits per heavy atom. The van der Waals surface area contributed by atoms with E-state index in [1.165, 1.54) is 0 Å². The van der Waals surface area contributed by atoms with E-state index in [0.29, 0.717) is 19.1 Å². The lowest BCUT2D eigenvalue weighted by Crippen LogP contribution is -2.49. The van der Waals surface area contributed by atoms with Crippen LogP contribution in [0.2, 0.25) is 0 Å². The highest BCUT2D eigenvalue weighted by Gasteiger charge is 2.37. The minimum Gasteiger partial charge on any atom is -0.373 e. The number of amides is 2. The van der Waals surface area contributed by atoms with Crippen molar-refractivity contribution in [2.45, 2.75) is 50.7 Å². The molecule has 0 bridgehead atoms. The number of likely N-dealkylation sites (tertiary alicyclic amines) is 1. The summed E-state index contributed by atoms with van der Waals surface area (Å²) >= 11 is 0. The van der Waals surface area contributed by atoms with Crippen LogP contribution in [0.25, 0.3) is 0 Å². The van der Waals surface area contributed by atoms with Crippen molar-refractivity contribution in [3.63, 3.8) is 0 Å². The van der Waals surface area contributed by atoms with Gasteiger partial charge in [0.15, 0.2) is 0 Å². The molecule has 166 valence electrons. The Balaban J connectivity index is 0.00000256. The highest BCUT2D eigenvalue weighted by molar-refractivity contribution is 5.85. The van der Waals surface area contributed by atoms with E-state index in [1.54, 1.807) is 0 Å². The van der Waals surface area contributed by atoms with Gasteiger partial charge in [0, 0.05) is 26.2 Å². The van der Waals surface area contributed by atoms with Crippen LogP contribution in [0.15, 0.2) is 30.3 Å². The van der Waals surface area contributed by atoms with Gasteiger partial charge in [-0.1, -0.05) is 30.3 Å². The van der Waals surface area contributed by atoms with E-state index in [-0.39, 0.29) is 42.3 Å². The summed E-state index contributed by atoms with van der Waals surface area (Å²) in [6.07, 6.45) is 5.71. The van der Waals surface area contributed by atoms with Crippen LogP contribution in [-0.4, -0.2) is 55.5 Å². The molecule has 3 saturated heterocycles. The molecule has 0 aliphatic carbocycles. The van der Waals surface area contributed by atoms with Crippen LogP contribution in [0.4, 0.5) is 0 Å². The molecule has 0 aromatic heterocycles. The second-order valence-electron chi connectivity index (χ2n) is 8.64. The van der Waals surface area contributed by atoms with E-state index in [1.807, 2.05) is 23.1 Å². The quantitative estimate of drug-likeness (QED) is 0.746. The molecule has 0 radical (unpaired) electrons. The van der Waals surface area contributed by atoms with Crippen molar-refractivity contribution in [2.75, 3.05) is 32.8 Å². The van der Waals surface area contributed by atoms with Crippen molar-refractivity contribution in [2.24, 2.45) is 11.8 Å². The number of ether oxygens (including phenoxy) is 1. The van der Waals surface area contributed by atoms with Crippen LogP contribution in [0.5, 0.6) is 0 Å². The predicted molar refractivity (Wildman–Crippen MR) is 118 cm³/mol. The minimum atomic E-state index is -0.147. The first-order valence-corrected chi connectivity index (χ1v) is 11.2. The highest BCUT2D eigenvalue weighted by Crippen LogP contribution is 2.35. The van der Waals surface area contributed by atoms with Crippen molar-refractivity contribution < 1.29 is 14.3 Å². The average Bonchev–Trinajstić information content (AvgIpc) is 3.33. The zero-order valence-corrected chi connectivity index (χ0v) is 18.4. The van der Waals surface area contributed by atoms with Gasteiger partial charge in [-0.2, -0.15) is 0 Å². The first-order valence-electron chi connectivity index (χ1n) is 11.2. The number of carbonyl (C=O) groups is 2. The normalized spacial score (nSPS) is 29.1. The number of nitrogens with one attached hydrogen (secondary N) is 2. The molecule has 1 aromatic rings. The molecular weight excluding hydrogens is 402 g/mol. The molecule has 3 aliphatic rings. The summed E-state index contributed by atoms with van der Waals surface area (Å²) in [6, 6.07) is 10.1. The summed E-state index contributed by atoms with van der Waals surface area (Å²) in [6.45, 7) is 3.84. The Hall–Kier alpha value is -1.63. The summed E-state index contributed by atoms with van der Waals surface area (Å²) < 4.78 is 6.04. The molecule has 4 rings (SSSR count). The predicted octanol–water partition coefficient (Wildman–Crippen LogP) is 2.68. The zero-order valence-electron chi connectivity index (χ0n) is 17.6. The summed E-state index contributed by atoms with van der Waals surface area (Å²) in [7, 11) is 0. The second-order valence-corrected chi connectivity index (χ2v) is 8.64. The standard InChI is InChI=1S/C23H33N3O3.ClH/c27-22(20-11-4-12-24-20)25-15-17-7-5-13-26(16-17)23(28)19-10-6-14-29-21(19)18-8-2-1-3-9-18;/h1-3,8-9,17,19-21,24H,4-7,10-16H2,(H,25,27);1H. The van der Waals surface area contributed by atoms with Gasteiger partial charge in [0.25, 0.3) is 0 Å². The van der Waals surface area contributed by atoms with Crippen LogP contribution in [0.1, 0.15) is 50.2 Å². The summed E-state index contributed by atoms with van der Waals surface area (Å²) in [5.74, 6) is 0.544. The van der Waals surface area contributed by atoms with Crippen molar-refractivity contribution in [1.29, 1.82) is 0 Å². The molecule has 3 heterocycles. The third-order valence-corrected chi connectivity index (χ3v) is 6.54. The van der Waals surface area contributed by atoms with Crippen LogP contribution in [0.3, 0.4) is 0 Å². The number of halogens is 1. The molecule has 2 N–H and O–H groups in total. The first-order chi connectivity index (χ1) is 14.2. The van der Waals surface area contributed by atoms with E-state index in [4.69, 9.17) is 4.74 Å². The van der Waals surface area contributed by atoms with E-state index in [2.05, 4.69) is 22.8 Å². The fraction of sp³-hybridized carbons (Fsp3) is 0.652. The summed E-state index contributed by atoms with van der Waals surface area (Å²) in [5.41, 5.74) is 1.09. The maximum Gasteiger partial charge on any atom is 0.237 e. The van der Waals surface area contributed by atoms with E-state index in [0.717, 1.165) is 63.7 Å². The molecule has 7 heteroatoms. The molecule has 3 aliphatic heterocycles. The number of hydrogen-bond acceptors (Lipinski definition) is 4. The van der Waals surface area contributed by atoms with Gasteiger partial charge in [-0.05, 0) is 56.6 Å². The van der Waals surface area contributed by atoms with Crippen LogP contribution in [0, 0.1) is 11.8 Å². The topological polar surface area (TPSA) is 70.7 Å². The third kappa shape index (κ3) is 5.54. The summed E-state index contributed by atoms with van der Waals surface area (Å²) in [5, 5.41) is 6.35. The smallest absolute Gasteiger partial charge is 0.237 e. The van der Waals surface area contributed by atoms with Crippen molar-refractivity contribution in [3.05, 3.63) is 35.9 Å². The van der Waals surface area contributed by atoms with Crippen LogP contribution >= 0.6 is 12.4 Å². The van der Waals surface area contributed by atoms with Gasteiger partial charge < -0.3 is 20.3 Å². The largest absolute Gasteiger partial charge is 0.373 e. The molecule has 6 nitrogen and oxygen atoms in total. The van der Waals surface area contributed by atoms with Gasteiger partial charge in [-0.15, -0.1) is 12.4 Å². The van der Waals surface area contributed by atoms with Gasteiger partial charge >= 0.3 is 0 Å². The number of benzene rings is 1. The first kappa shape index (κ1) is 23.0. The lowest BCUT2D eigenvalue weighted by atomic mass is 9.87. The fourth-order valence-corrected chi connectivity index (χ4v) is 4.95. The molecule has 4 atom stereocenters. The van der Waals surface area contributed by atoms with Crippen LogP contribution in [-0.2, 0) is 14.3 Å². The maximum atomic E-state index is 13.4. The highest BCUT2D eigenvalue weighted by atomic mass is 35.5. The Morgan fingerprint density at radius 3 is 2.70 bits per heavy atom. The second kappa shape index (κ2) is 11.1. The zero-order chi connectivity index (χ0) is 20.1. The number of piperidine rings is 1. The maximum absolute atomic E-state index is 13.4. The van der Waals surface area contributed by atoms with Crippen molar-refractivity contribution in [1.82, 2.24) is 15.5 Å². The molecule has 0 spiro atoms. The van der Waals surface area contributed by atoms with Gasteiger partial charge in [0.2, 0.25) is 11.8 Å². The fourth-order valence-electron chi connectivity index (χ4n) is 4.95. The SMILES string of the molecule is Cl.O=C(NCC1CCCN(C(=O)C2CCCOC2c2ccccc2)C1)C1CCCN1. The minimum absolute atomic E-state index is 0. The molecule has 2 amide bonds. The Kier molecular flexibility index (Phi) is 8.54. The van der Waals surface area contributed by atoms with Crippen molar-refractivity contribution in [3.8, 4) is 0 Å². The average molecular weight is 436 g/mol. The summed E-state index contributed by atoms with van der Waals surface area (Å²) in [4.78, 5) is 27.7. The Morgan fingerprint density at radius 2 is 1.93 bits per heavy atom. The van der Waals surface area contributed by atoms with Crippen molar-refractivity contribution >= 4 is 24.2 Å². The lowest BCUT2D eigenvalue weighted by molar-refractivity contribution is -0.147. The third-order valence-electron chi connectivity index (χ3n) is 6.54. The lowest BCUT2D eigenvalue weighted by Gasteiger charge is -2.38. The monoisotopic (exact) mass is 435 g/mol. The molecule has 3 fully saturated rings. The van der Waals surface area contributed by atoms with Crippen LogP contribution < -0.4 is 10.6 Å².